The van der Waals surface area contributed by atoms with Gasteiger partial charge in [-0.05, 0) is 39.5 Å². The predicted molar refractivity (Wildman–Crippen MR) is 81.6 cm³/mol. The summed E-state index contributed by atoms with van der Waals surface area (Å²) < 4.78 is 28.4. The molecule has 1 aromatic heterocycles. The van der Waals surface area contributed by atoms with Crippen molar-refractivity contribution in [2.24, 2.45) is 5.73 Å². The Hall–Kier alpha value is -1.05. The minimum atomic E-state index is -1.03. The molecule has 0 atom stereocenters. The van der Waals surface area contributed by atoms with Gasteiger partial charge in [0, 0.05) is 14.9 Å². The minimum absolute atomic E-state index is 0.0813. The van der Waals surface area contributed by atoms with Crippen molar-refractivity contribution < 1.29 is 8.78 Å². The Morgan fingerprint density at radius 2 is 2.05 bits per heavy atom. The second-order valence-corrected chi connectivity index (χ2v) is 5.99. The van der Waals surface area contributed by atoms with Crippen molar-refractivity contribution in [3.8, 4) is 0 Å². The summed E-state index contributed by atoms with van der Waals surface area (Å²) in [5.74, 6) is -2.00. The maximum Gasteiger partial charge on any atom is 0.182 e. The summed E-state index contributed by atoms with van der Waals surface area (Å²) in [5.41, 5.74) is 5.30. The highest BCUT2D eigenvalue weighted by Crippen LogP contribution is 2.25. The molecule has 0 aliphatic heterocycles. The van der Waals surface area contributed by atoms with Crippen LogP contribution < -0.4 is 11.1 Å². The van der Waals surface area contributed by atoms with E-state index in [-0.39, 0.29) is 16.2 Å². The Kier molecular flexibility index (Phi) is 4.49. The number of thiocarbonyl (C=S) groups is 1. The lowest BCUT2D eigenvalue weighted by Crippen LogP contribution is -2.13. The van der Waals surface area contributed by atoms with E-state index < -0.39 is 11.6 Å². The van der Waals surface area contributed by atoms with Gasteiger partial charge < -0.3 is 11.1 Å². The topological polar surface area (TPSA) is 38.0 Å². The lowest BCUT2D eigenvalue weighted by Gasteiger charge is -2.09. The van der Waals surface area contributed by atoms with Gasteiger partial charge >= 0.3 is 0 Å². The summed E-state index contributed by atoms with van der Waals surface area (Å²) in [6.45, 7) is 0.404. The van der Waals surface area contributed by atoms with Crippen molar-refractivity contribution in [1.82, 2.24) is 0 Å². The van der Waals surface area contributed by atoms with Gasteiger partial charge in [-0.25, -0.2) is 8.78 Å². The summed E-state index contributed by atoms with van der Waals surface area (Å²) in [5, 5.41) is 4.76. The average Bonchev–Trinajstić information content (AvgIpc) is 2.76. The molecule has 0 fully saturated rings. The second-order valence-electron chi connectivity index (χ2n) is 3.70. The van der Waals surface area contributed by atoms with E-state index in [0.29, 0.717) is 6.54 Å². The molecule has 0 radical (unpaired) electrons. The summed E-state index contributed by atoms with van der Waals surface area (Å²) in [6.07, 6.45) is 0. The van der Waals surface area contributed by atoms with E-state index in [9.17, 15) is 8.78 Å². The van der Waals surface area contributed by atoms with E-state index in [1.807, 2.05) is 11.4 Å². The first-order valence-corrected chi connectivity index (χ1v) is 7.32. The van der Waals surface area contributed by atoms with Crippen molar-refractivity contribution in [3.05, 3.63) is 50.1 Å². The molecule has 0 aliphatic rings. The Balaban J connectivity index is 2.20. The number of hydrogen-bond donors (Lipinski definition) is 2. The zero-order chi connectivity index (χ0) is 14.0. The highest BCUT2D eigenvalue weighted by atomic mass is 79.9. The SMILES string of the molecule is NC(=S)c1ccc(NCc2sccc2Br)c(F)c1F. The van der Waals surface area contributed by atoms with Gasteiger partial charge in [-0.15, -0.1) is 11.3 Å². The van der Waals surface area contributed by atoms with E-state index in [2.05, 4.69) is 33.5 Å². The first-order valence-electron chi connectivity index (χ1n) is 5.24. The molecule has 7 heteroatoms. The normalized spacial score (nSPS) is 10.5. The molecule has 0 spiro atoms. The third-order valence-electron chi connectivity index (χ3n) is 2.48. The van der Waals surface area contributed by atoms with Gasteiger partial charge in [0.15, 0.2) is 11.6 Å². The van der Waals surface area contributed by atoms with Crippen LogP contribution in [0.2, 0.25) is 0 Å². The molecule has 0 saturated carbocycles. The summed E-state index contributed by atoms with van der Waals surface area (Å²) in [6, 6.07) is 4.69. The Morgan fingerprint density at radius 3 is 2.63 bits per heavy atom. The molecular weight excluding hydrogens is 354 g/mol. The van der Waals surface area contributed by atoms with Gasteiger partial charge in [-0.1, -0.05) is 12.2 Å². The molecule has 100 valence electrons. The monoisotopic (exact) mass is 362 g/mol. The van der Waals surface area contributed by atoms with Crippen LogP contribution in [0.5, 0.6) is 0 Å². The third kappa shape index (κ3) is 3.10. The number of halogens is 3. The molecule has 0 bridgehead atoms. The number of anilines is 1. The molecule has 2 nitrogen and oxygen atoms in total. The number of thiophene rings is 1. The van der Waals surface area contributed by atoms with Crippen molar-refractivity contribution in [1.29, 1.82) is 0 Å². The van der Waals surface area contributed by atoms with Crippen molar-refractivity contribution in [3.63, 3.8) is 0 Å². The fourth-order valence-electron chi connectivity index (χ4n) is 1.50. The number of benzene rings is 1. The molecule has 19 heavy (non-hydrogen) atoms. The molecule has 0 amide bonds. The number of rotatable bonds is 4. The van der Waals surface area contributed by atoms with Gasteiger partial charge in [0.2, 0.25) is 0 Å². The highest BCUT2D eigenvalue weighted by Gasteiger charge is 2.15. The first kappa shape index (κ1) is 14.4. The van der Waals surface area contributed by atoms with E-state index in [4.69, 9.17) is 5.73 Å². The molecule has 3 N–H and O–H groups in total. The van der Waals surface area contributed by atoms with Crippen molar-refractivity contribution in [2.45, 2.75) is 6.54 Å². The molecule has 1 heterocycles. The van der Waals surface area contributed by atoms with Crippen LogP contribution >= 0.6 is 39.5 Å². The lowest BCUT2D eigenvalue weighted by atomic mass is 10.2. The molecular formula is C12H9BrF2N2S2. The van der Waals surface area contributed by atoms with E-state index in [1.54, 1.807) is 0 Å². The Bertz CT molecular complexity index is 628. The van der Waals surface area contributed by atoms with Crippen molar-refractivity contribution in [2.75, 3.05) is 5.32 Å². The van der Waals surface area contributed by atoms with Crippen LogP contribution in [0.25, 0.3) is 0 Å². The summed E-state index contributed by atoms with van der Waals surface area (Å²) in [4.78, 5) is 0.835. The minimum Gasteiger partial charge on any atom is -0.389 e. The van der Waals surface area contributed by atoms with Crippen LogP contribution in [0.4, 0.5) is 14.5 Å². The predicted octanol–water partition coefficient (Wildman–Crippen LogP) is 4.04. The molecule has 0 unspecified atom stereocenters. The maximum absolute atomic E-state index is 13.8. The van der Waals surface area contributed by atoms with Crippen molar-refractivity contribution >= 4 is 50.2 Å². The molecule has 0 saturated heterocycles. The third-order valence-corrected chi connectivity index (χ3v) is 4.62. The Labute approximate surface area is 126 Å². The van der Waals surface area contributed by atoms with E-state index >= 15 is 0 Å². The largest absolute Gasteiger partial charge is 0.389 e. The molecule has 2 aromatic rings. The van der Waals surface area contributed by atoms with Crippen LogP contribution in [0.1, 0.15) is 10.4 Å². The maximum atomic E-state index is 13.8. The number of nitrogens with two attached hydrogens (primary N) is 1. The zero-order valence-electron chi connectivity index (χ0n) is 9.54. The van der Waals surface area contributed by atoms with Crippen LogP contribution in [-0.4, -0.2) is 4.99 Å². The average molecular weight is 363 g/mol. The van der Waals surface area contributed by atoms with E-state index in [0.717, 1.165) is 9.35 Å². The van der Waals surface area contributed by atoms with Gasteiger partial charge in [0.05, 0.1) is 12.2 Å². The number of hydrogen-bond acceptors (Lipinski definition) is 3. The van der Waals surface area contributed by atoms with Crippen LogP contribution in [0.15, 0.2) is 28.1 Å². The van der Waals surface area contributed by atoms with Crippen LogP contribution in [0, 0.1) is 11.6 Å². The zero-order valence-corrected chi connectivity index (χ0v) is 12.8. The van der Waals surface area contributed by atoms with Gasteiger partial charge in [0.25, 0.3) is 0 Å². The fourth-order valence-corrected chi connectivity index (χ4v) is 3.09. The quantitative estimate of drug-likeness (QED) is 0.806. The first-order chi connectivity index (χ1) is 9.00. The molecule has 0 aliphatic carbocycles. The summed E-state index contributed by atoms with van der Waals surface area (Å²) in [7, 11) is 0. The van der Waals surface area contributed by atoms with Crippen LogP contribution in [0.3, 0.4) is 0 Å². The fraction of sp³-hybridized carbons (Fsp3) is 0.0833. The number of nitrogens with one attached hydrogen (secondary N) is 1. The highest BCUT2D eigenvalue weighted by molar-refractivity contribution is 9.10. The molecule has 1 aromatic carbocycles. The Morgan fingerprint density at radius 1 is 1.32 bits per heavy atom. The smallest absolute Gasteiger partial charge is 0.182 e. The van der Waals surface area contributed by atoms with Gasteiger partial charge in [-0.3, -0.25) is 0 Å². The standard InChI is InChI=1S/C12H9BrF2N2S2/c13-7-3-4-19-9(7)5-17-8-2-1-6(12(16)18)10(14)11(8)15/h1-4,17H,5H2,(H2,16,18). The van der Waals surface area contributed by atoms with E-state index in [1.165, 1.54) is 23.5 Å². The molecule has 2 rings (SSSR count). The van der Waals surface area contributed by atoms with Gasteiger partial charge in [0.1, 0.15) is 4.99 Å². The summed E-state index contributed by atoms with van der Waals surface area (Å²) >= 11 is 9.54. The van der Waals surface area contributed by atoms with Crippen LogP contribution in [-0.2, 0) is 6.54 Å². The second kappa shape index (κ2) is 5.94. The lowest BCUT2D eigenvalue weighted by molar-refractivity contribution is 0.509. The van der Waals surface area contributed by atoms with Gasteiger partial charge in [-0.2, -0.15) is 0 Å².